The predicted octanol–water partition coefficient (Wildman–Crippen LogP) is 1.61. The fourth-order valence-corrected chi connectivity index (χ4v) is 2.43. The van der Waals surface area contributed by atoms with Gasteiger partial charge < -0.3 is 10.1 Å². The van der Waals surface area contributed by atoms with Crippen LogP contribution < -0.4 is 5.32 Å². The van der Waals surface area contributed by atoms with Crippen LogP contribution in [0.3, 0.4) is 0 Å². The molecule has 3 rings (SSSR count). The normalized spacial score (nSPS) is 27.6. The summed E-state index contributed by atoms with van der Waals surface area (Å²) in [6.45, 7) is 0.730. The molecule has 1 aromatic carbocycles. The van der Waals surface area contributed by atoms with Crippen LogP contribution >= 0.6 is 0 Å². The van der Waals surface area contributed by atoms with Crippen molar-refractivity contribution < 1.29 is 18.3 Å². The van der Waals surface area contributed by atoms with Gasteiger partial charge >= 0.3 is 6.09 Å². The number of nitrogens with one attached hydrogen (secondary N) is 1. The summed E-state index contributed by atoms with van der Waals surface area (Å²) in [5.74, 6) is -2.83. The van der Waals surface area contributed by atoms with Crippen LogP contribution in [0.15, 0.2) is 30.3 Å². The van der Waals surface area contributed by atoms with E-state index in [9.17, 15) is 13.6 Å². The average molecular weight is 268 g/mol. The number of nitrogens with zero attached hydrogens (tertiary/aromatic N) is 1. The first-order valence-electron chi connectivity index (χ1n) is 6.19. The number of carbonyl (C=O) groups is 1. The molecule has 102 valence electrons. The lowest BCUT2D eigenvalue weighted by Crippen LogP contribution is -2.46. The highest BCUT2D eigenvalue weighted by atomic mass is 19.3. The van der Waals surface area contributed by atoms with Gasteiger partial charge in [-0.2, -0.15) is 0 Å². The monoisotopic (exact) mass is 268 g/mol. The summed E-state index contributed by atoms with van der Waals surface area (Å²) in [5, 5.41) is 2.71. The Labute approximate surface area is 109 Å². The summed E-state index contributed by atoms with van der Waals surface area (Å²) in [6, 6.07) is 7.20. The highest BCUT2D eigenvalue weighted by molar-refractivity contribution is 5.69. The van der Waals surface area contributed by atoms with Gasteiger partial charge in [0.05, 0.1) is 0 Å². The molecule has 6 heteroatoms. The molecule has 1 N–H and O–H groups in total. The minimum Gasteiger partial charge on any atom is -0.445 e. The van der Waals surface area contributed by atoms with Crippen LogP contribution in [-0.4, -0.2) is 42.1 Å². The number of benzene rings is 1. The average Bonchev–Trinajstić information content (AvgIpc) is 3.00. The SMILES string of the molecule is O=C(OCc1ccccc1)N1CCNC2C1C2(F)F. The van der Waals surface area contributed by atoms with Crippen LogP contribution in [0.25, 0.3) is 0 Å². The van der Waals surface area contributed by atoms with Crippen molar-refractivity contribution >= 4 is 6.09 Å². The van der Waals surface area contributed by atoms with Crippen LogP contribution in [0.5, 0.6) is 0 Å². The first kappa shape index (κ1) is 12.3. The summed E-state index contributed by atoms with van der Waals surface area (Å²) in [5.41, 5.74) is 0.838. The van der Waals surface area contributed by atoms with E-state index in [1.807, 2.05) is 30.3 Å². The van der Waals surface area contributed by atoms with E-state index >= 15 is 0 Å². The van der Waals surface area contributed by atoms with Gasteiger partial charge in [0.2, 0.25) is 0 Å². The van der Waals surface area contributed by atoms with Crippen LogP contribution in [0.1, 0.15) is 5.56 Å². The molecule has 1 saturated heterocycles. The molecule has 1 amide bonds. The molecule has 0 aromatic heterocycles. The van der Waals surface area contributed by atoms with Crippen molar-refractivity contribution in [2.75, 3.05) is 13.1 Å². The number of piperazine rings is 1. The van der Waals surface area contributed by atoms with Crippen molar-refractivity contribution in [2.45, 2.75) is 24.6 Å². The molecule has 1 aliphatic carbocycles. The largest absolute Gasteiger partial charge is 0.445 e. The summed E-state index contributed by atoms with van der Waals surface area (Å²) in [4.78, 5) is 13.0. The fraction of sp³-hybridized carbons (Fsp3) is 0.462. The Balaban J connectivity index is 1.59. The lowest BCUT2D eigenvalue weighted by Gasteiger charge is -2.25. The Morgan fingerprint density at radius 3 is 2.89 bits per heavy atom. The molecule has 0 radical (unpaired) electrons. The maximum Gasteiger partial charge on any atom is 0.410 e. The number of hydrogen-bond acceptors (Lipinski definition) is 3. The van der Waals surface area contributed by atoms with Gasteiger partial charge in [-0.3, -0.25) is 4.90 Å². The van der Waals surface area contributed by atoms with Gasteiger partial charge in [0, 0.05) is 13.1 Å². The minimum atomic E-state index is -2.83. The molecule has 0 spiro atoms. The van der Waals surface area contributed by atoms with Crippen LogP contribution in [-0.2, 0) is 11.3 Å². The number of halogens is 2. The van der Waals surface area contributed by atoms with E-state index in [0.29, 0.717) is 6.54 Å². The molecule has 19 heavy (non-hydrogen) atoms. The van der Waals surface area contributed by atoms with Crippen molar-refractivity contribution in [1.29, 1.82) is 0 Å². The number of alkyl halides is 2. The second-order valence-corrected chi connectivity index (χ2v) is 4.78. The van der Waals surface area contributed by atoms with E-state index in [4.69, 9.17) is 4.74 Å². The van der Waals surface area contributed by atoms with Crippen LogP contribution in [0.2, 0.25) is 0 Å². The zero-order valence-corrected chi connectivity index (χ0v) is 10.2. The Morgan fingerprint density at radius 1 is 1.42 bits per heavy atom. The molecule has 4 nitrogen and oxygen atoms in total. The van der Waals surface area contributed by atoms with E-state index < -0.39 is 24.1 Å². The summed E-state index contributed by atoms with van der Waals surface area (Å²) in [6.07, 6.45) is -0.669. The van der Waals surface area contributed by atoms with E-state index in [1.165, 1.54) is 0 Å². The van der Waals surface area contributed by atoms with E-state index in [0.717, 1.165) is 10.5 Å². The number of hydrogen-bond donors (Lipinski definition) is 1. The molecule has 1 aromatic rings. The highest BCUT2D eigenvalue weighted by Crippen LogP contribution is 2.47. The van der Waals surface area contributed by atoms with Gasteiger partial charge in [0.25, 0.3) is 5.92 Å². The predicted molar refractivity (Wildman–Crippen MR) is 63.9 cm³/mol. The Bertz CT molecular complexity index is 481. The second-order valence-electron chi connectivity index (χ2n) is 4.78. The molecule has 2 fully saturated rings. The molecule has 1 heterocycles. The third-order valence-electron chi connectivity index (χ3n) is 3.51. The molecule has 2 atom stereocenters. The first-order chi connectivity index (χ1) is 9.10. The molecule has 0 bridgehead atoms. The van der Waals surface area contributed by atoms with Gasteiger partial charge in [-0.05, 0) is 5.56 Å². The molecule has 1 saturated carbocycles. The van der Waals surface area contributed by atoms with Gasteiger partial charge in [-0.1, -0.05) is 30.3 Å². The maximum atomic E-state index is 13.4. The molecular formula is C13H14F2N2O2. The van der Waals surface area contributed by atoms with Crippen molar-refractivity contribution in [1.82, 2.24) is 10.2 Å². The number of rotatable bonds is 2. The smallest absolute Gasteiger partial charge is 0.410 e. The Kier molecular flexibility index (Phi) is 2.89. The number of fused-ring (bicyclic) bond motifs is 1. The van der Waals surface area contributed by atoms with E-state index in [-0.39, 0.29) is 13.2 Å². The van der Waals surface area contributed by atoms with Crippen molar-refractivity contribution in [3.63, 3.8) is 0 Å². The van der Waals surface area contributed by atoms with Gasteiger partial charge in [-0.15, -0.1) is 0 Å². The summed E-state index contributed by atoms with van der Waals surface area (Å²) < 4.78 is 31.8. The fourth-order valence-electron chi connectivity index (χ4n) is 2.43. The quantitative estimate of drug-likeness (QED) is 0.886. The van der Waals surface area contributed by atoms with Crippen molar-refractivity contribution in [3.8, 4) is 0 Å². The zero-order valence-electron chi connectivity index (χ0n) is 10.2. The van der Waals surface area contributed by atoms with E-state index in [1.54, 1.807) is 0 Å². The third-order valence-corrected chi connectivity index (χ3v) is 3.51. The van der Waals surface area contributed by atoms with Gasteiger partial charge in [0.1, 0.15) is 18.7 Å². The lowest BCUT2D eigenvalue weighted by atomic mass is 10.2. The standard InChI is InChI=1S/C13H14F2N2O2/c14-13(15)10-11(13)17(7-6-16-10)12(18)19-8-9-4-2-1-3-5-9/h1-5,10-11,16H,6-8H2. The summed E-state index contributed by atoms with van der Waals surface area (Å²) in [7, 11) is 0. The van der Waals surface area contributed by atoms with Crippen molar-refractivity contribution in [3.05, 3.63) is 35.9 Å². The number of carbonyl (C=O) groups excluding carboxylic acids is 1. The lowest BCUT2D eigenvalue weighted by molar-refractivity contribution is 0.0552. The first-order valence-corrected chi connectivity index (χ1v) is 6.19. The summed E-state index contributed by atoms with van der Waals surface area (Å²) >= 11 is 0. The molecular weight excluding hydrogens is 254 g/mol. The van der Waals surface area contributed by atoms with Crippen molar-refractivity contribution in [2.24, 2.45) is 0 Å². The number of amides is 1. The van der Waals surface area contributed by atoms with Gasteiger partial charge in [-0.25, -0.2) is 13.6 Å². The second kappa shape index (κ2) is 4.45. The Morgan fingerprint density at radius 2 is 2.16 bits per heavy atom. The molecule has 2 unspecified atom stereocenters. The van der Waals surface area contributed by atoms with Crippen LogP contribution in [0, 0.1) is 0 Å². The van der Waals surface area contributed by atoms with Crippen LogP contribution in [0.4, 0.5) is 13.6 Å². The highest BCUT2D eigenvalue weighted by Gasteiger charge is 2.73. The molecule has 1 aliphatic heterocycles. The molecule has 2 aliphatic rings. The minimum absolute atomic E-state index is 0.104. The van der Waals surface area contributed by atoms with E-state index in [2.05, 4.69) is 5.32 Å². The third kappa shape index (κ3) is 2.16. The topological polar surface area (TPSA) is 41.6 Å². The Hall–Kier alpha value is -1.69. The maximum absolute atomic E-state index is 13.4. The van der Waals surface area contributed by atoms with Gasteiger partial charge in [0.15, 0.2) is 0 Å². The number of ether oxygens (including phenoxy) is 1. The zero-order chi connectivity index (χ0) is 13.5.